The van der Waals surface area contributed by atoms with E-state index >= 15 is 0 Å². The zero-order valence-electron chi connectivity index (χ0n) is 15.7. The molecule has 1 amide bonds. The number of aromatic nitrogens is 1. The van der Waals surface area contributed by atoms with Gasteiger partial charge in [0.2, 0.25) is 0 Å². The molecule has 1 saturated carbocycles. The molecule has 1 N–H and O–H groups in total. The van der Waals surface area contributed by atoms with Crippen LogP contribution in [0.25, 0.3) is 0 Å². The SMILES string of the molecule is O=C(c1ccc(NC2CC2)c([N+](=O)[O-])c1)N(Cc1cccnc1)Cc1ccco1. The molecule has 1 aromatic carbocycles. The largest absolute Gasteiger partial charge is 0.467 e. The summed E-state index contributed by atoms with van der Waals surface area (Å²) in [5, 5.41) is 14.7. The Balaban J connectivity index is 1.61. The van der Waals surface area contributed by atoms with Gasteiger partial charge in [0.05, 0.1) is 17.7 Å². The van der Waals surface area contributed by atoms with Gasteiger partial charge in [-0.15, -0.1) is 0 Å². The molecule has 1 fully saturated rings. The maximum atomic E-state index is 13.2. The molecule has 2 aromatic heterocycles. The van der Waals surface area contributed by atoms with Crippen LogP contribution in [0.2, 0.25) is 0 Å². The minimum absolute atomic E-state index is 0.0953. The Morgan fingerprint density at radius 3 is 2.76 bits per heavy atom. The molecule has 0 atom stereocenters. The highest BCUT2D eigenvalue weighted by molar-refractivity contribution is 5.95. The summed E-state index contributed by atoms with van der Waals surface area (Å²) in [4.78, 5) is 30.0. The first-order chi connectivity index (χ1) is 14.1. The van der Waals surface area contributed by atoms with Gasteiger partial charge in [0.1, 0.15) is 11.4 Å². The van der Waals surface area contributed by atoms with E-state index in [1.54, 1.807) is 53.9 Å². The summed E-state index contributed by atoms with van der Waals surface area (Å²) in [6.45, 7) is 0.555. The van der Waals surface area contributed by atoms with E-state index in [1.807, 2.05) is 6.07 Å². The van der Waals surface area contributed by atoms with E-state index in [0.717, 1.165) is 18.4 Å². The van der Waals surface area contributed by atoms with Crippen LogP contribution in [0.3, 0.4) is 0 Å². The molecule has 29 heavy (non-hydrogen) atoms. The number of amides is 1. The lowest BCUT2D eigenvalue weighted by Crippen LogP contribution is -2.30. The van der Waals surface area contributed by atoms with Crippen LogP contribution in [0.4, 0.5) is 11.4 Å². The number of nitrogens with zero attached hydrogens (tertiary/aromatic N) is 3. The molecule has 1 aliphatic rings. The van der Waals surface area contributed by atoms with Gasteiger partial charge >= 0.3 is 0 Å². The fraction of sp³-hybridized carbons (Fsp3) is 0.238. The van der Waals surface area contributed by atoms with Gasteiger partial charge in [-0.25, -0.2) is 0 Å². The summed E-state index contributed by atoms with van der Waals surface area (Å²) >= 11 is 0. The van der Waals surface area contributed by atoms with E-state index in [1.165, 1.54) is 6.07 Å². The van der Waals surface area contributed by atoms with Crippen molar-refractivity contribution in [2.45, 2.75) is 32.0 Å². The Labute approximate surface area is 167 Å². The van der Waals surface area contributed by atoms with Crippen molar-refractivity contribution in [2.75, 3.05) is 5.32 Å². The number of hydrogen-bond acceptors (Lipinski definition) is 6. The number of nitro benzene ring substituents is 1. The van der Waals surface area contributed by atoms with Crippen LogP contribution in [0.5, 0.6) is 0 Å². The standard InChI is InChI=1S/C21H20N4O4/c26-21(16-5-8-19(23-17-6-7-17)20(11-16)25(27)28)24(14-18-4-2-10-29-18)13-15-3-1-9-22-12-15/h1-5,8-12,17,23H,6-7,13-14H2. The molecular formula is C21H20N4O4. The molecule has 8 heteroatoms. The number of nitrogens with one attached hydrogen (secondary N) is 1. The van der Waals surface area contributed by atoms with Crippen LogP contribution in [0, 0.1) is 10.1 Å². The molecular weight excluding hydrogens is 372 g/mol. The molecule has 1 aliphatic carbocycles. The molecule has 3 aromatic rings. The second kappa shape index (κ2) is 8.14. The van der Waals surface area contributed by atoms with Gasteiger partial charge in [-0.3, -0.25) is 19.9 Å². The van der Waals surface area contributed by atoms with Crippen LogP contribution in [0.15, 0.2) is 65.5 Å². The van der Waals surface area contributed by atoms with E-state index in [9.17, 15) is 14.9 Å². The van der Waals surface area contributed by atoms with Gasteiger partial charge in [-0.05, 0) is 48.7 Å². The fourth-order valence-electron chi connectivity index (χ4n) is 3.07. The fourth-order valence-corrected chi connectivity index (χ4v) is 3.07. The van der Waals surface area contributed by atoms with Crippen molar-refractivity contribution in [2.24, 2.45) is 0 Å². The first-order valence-corrected chi connectivity index (χ1v) is 9.35. The van der Waals surface area contributed by atoms with E-state index in [2.05, 4.69) is 10.3 Å². The molecule has 0 bridgehead atoms. The van der Waals surface area contributed by atoms with Crippen LogP contribution in [0.1, 0.15) is 34.5 Å². The molecule has 0 spiro atoms. The summed E-state index contributed by atoms with van der Waals surface area (Å²) < 4.78 is 5.39. The Bertz CT molecular complexity index is 1000. The number of furan rings is 1. The first-order valence-electron chi connectivity index (χ1n) is 9.35. The Hall–Kier alpha value is -3.68. The third-order valence-corrected chi connectivity index (χ3v) is 4.69. The summed E-state index contributed by atoms with van der Waals surface area (Å²) in [6.07, 6.45) is 6.90. The topological polar surface area (TPSA) is 102 Å². The van der Waals surface area contributed by atoms with Crippen LogP contribution in [-0.2, 0) is 13.1 Å². The zero-order chi connectivity index (χ0) is 20.2. The number of rotatable bonds is 8. The predicted octanol–water partition coefficient (Wildman–Crippen LogP) is 4.00. The highest BCUT2D eigenvalue weighted by atomic mass is 16.6. The van der Waals surface area contributed by atoms with E-state index in [4.69, 9.17) is 4.42 Å². The summed E-state index contributed by atoms with van der Waals surface area (Å²) in [5.74, 6) is 0.315. The van der Waals surface area contributed by atoms with Gasteiger partial charge in [0, 0.05) is 36.6 Å². The third-order valence-electron chi connectivity index (χ3n) is 4.69. The number of nitro groups is 1. The Morgan fingerprint density at radius 1 is 1.24 bits per heavy atom. The van der Waals surface area contributed by atoms with Gasteiger partial charge in [-0.2, -0.15) is 0 Å². The van der Waals surface area contributed by atoms with Crippen molar-refractivity contribution in [3.8, 4) is 0 Å². The number of carbonyl (C=O) groups excluding carboxylic acids is 1. The summed E-state index contributed by atoms with van der Waals surface area (Å²) in [7, 11) is 0. The minimum Gasteiger partial charge on any atom is -0.467 e. The van der Waals surface area contributed by atoms with Crippen molar-refractivity contribution < 1.29 is 14.1 Å². The molecule has 8 nitrogen and oxygen atoms in total. The highest BCUT2D eigenvalue weighted by Crippen LogP contribution is 2.32. The molecule has 0 radical (unpaired) electrons. The van der Waals surface area contributed by atoms with Crippen molar-refractivity contribution in [3.63, 3.8) is 0 Å². The maximum absolute atomic E-state index is 13.2. The summed E-state index contributed by atoms with van der Waals surface area (Å²) in [6, 6.07) is 12.1. The normalized spacial score (nSPS) is 13.1. The van der Waals surface area contributed by atoms with E-state index in [0.29, 0.717) is 18.0 Å². The molecule has 0 aliphatic heterocycles. The van der Waals surface area contributed by atoms with E-state index < -0.39 is 4.92 Å². The monoisotopic (exact) mass is 392 g/mol. The second-order valence-corrected chi connectivity index (χ2v) is 7.01. The lowest BCUT2D eigenvalue weighted by molar-refractivity contribution is -0.384. The third kappa shape index (κ3) is 4.60. The van der Waals surface area contributed by atoms with Crippen molar-refractivity contribution in [1.29, 1.82) is 0 Å². The van der Waals surface area contributed by atoms with E-state index in [-0.39, 0.29) is 29.7 Å². The van der Waals surface area contributed by atoms with Crippen molar-refractivity contribution in [1.82, 2.24) is 9.88 Å². The van der Waals surface area contributed by atoms with Crippen molar-refractivity contribution in [3.05, 3.63) is 88.1 Å². The quantitative estimate of drug-likeness (QED) is 0.459. The Morgan fingerprint density at radius 2 is 2.10 bits per heavy atom. The minimum atomic E-state index is -0.459. The zero-order valence-corrected chi connectivity index (χ0v) is 15.7. The second-order valence-electron chi connectivity index (χ2n) is 7.01. The Kier molecular flexibility index (Phi) is 5.24. The van der Waals surface area contributed by atoms with Crippen LogP contribution in [-0.4, -0.2) is 26.8 Å². The molecule has 0 unspecified atom stereocenters. The number of anilines is 1. The first kappa shape index (κ1) is 18.7. The van der Waals surface area contributed by atoms with Crippen LogP contribution < -0.4 is 5.32 Å². The smallest absolute Gasteiger partial charge is 0.293 e. The van der Waals surface area contributed by atoms with Gasteiger partial charge in [-0.1, -0.05) is 6.07 Å². The van der Waals surface area contributed by atoms with Gasteiger partial charge < -0.3 is 14.6 Å². The van der Waals surface area contributed by atoms with Gasteiger partial charge in [0.15, 0.2) is 0 Å². The maximum Gasteiger partial charge on any atom is 0.293 e. The number of hydrogen-bond donors (Lipinski definition) is 1. The molecule has 4 rings (SSSR count). The lowest BCUT2D eigenvalue weighted by Gasteiger charge is -2.22. The van der Waals surface area contributed by atoms with Gasteiger partial charge in [0.25, 0.3) is 11.6 Å². The number of benzene rings is 1. The number of pyridine rings is 1. The summed E-state index contributed by atoms with van der Waals surface area (Å²) in [5.41, 5.74) is 1.46. The number of carbonyl (C=O) groups is 1. The highest BCUT2D eigenvalue weighted by Gasteiger charge is 2.27. The van der Waals surface area contributed by atoms with Crippen molar-refractivity contribution >= 4 is 17.3 Å². The molecule has 148 valence electrons. The van der Waals surface area contributed by atoms with Crippen LogP contribution >= 0.6 is 0 Å². The average molecular weight is 392 g/mol. The lowest BCUT2D eigenvalue weighted by atomic mass is 10.1. The molecule has 2 heterocycles. The average Bonchev–Trinajstić information content (AvgIpc) is 3.40. The predicted molar refractivity (Wildman–Crippen MR) is 106 cm³/mol. The molecule has 0 saturated heterocycles.